The van der Waals surface area contributed by atoms with Crippen molar-refractivity contribution in [2.45, 2.75) is 29.4 Å². The molecular weight excluding hydrogens is 272 g/mol. The Bertz CT molecular complexity index is 557. The lowest BCUT2D eigenvalue weighted by atomic mass is 9.89. The van der Waals surface area contributed by atoms with E-state index < -0.39 is 10.0 Å². The summed E-state index contributed by atoms with van der Waals surface area (Å²) in [5.41, 5.74) is 0. The molecule has 0 amide bonds. The van der Waals surface area contributed by atoms with Crippen LogP contribution in [-0.4, -0.2) is 32.2 Å². The second-order valence-corrected chi connectivity index (χ2v) is 8.18. The molecule has 3 heterocycles. The fourth-order valence-electron chi connectivity index (χ4n) is 3.39. The molecule has 1 saturated carbocycles. The Morgan fingerprint density at radius 3 is 3.00 bits per heavy atom. The number of hydrogen-bond donors (Lipinski definition) is 1. The molecular formula is C11H14N2O3S2. The molecule has 2 aliphatic heterocycles. The van der Waals surface area contributed by atoms with Crippen LogP contribution in [0, 0.1) is 17.8 Å². The van der Waals surface area contributed by atoms with Gasteiger partial charge in [0, 0.05) is 24.0 Å². The van der Waals surface area contributed by atoms with E-state index in [0.29, 0.717) is 30.6 Å². The smallest absolute Gasteiger partial charge is 0.267 e. The maximum Gasteiger partial charge on any atom is 0.267 e. The Morgan fingerprint density at radius 1 is 1.44 bits per heavy atom. The molecule has 0 unspecified atom stereocenters. The number of sulfonamides is 1. The number of nitrogens with zero attached hydrogens (tertiary/aromatic N) is 1. The van der Waals surface area contributed by atoms with E-state index in [1.165, 1.54) is 12.6 Å². The van der Waals surface area contributed by atoms with Crippen LogP contribution in [0.1, 0.15) is 12.8 Å². The van der Waals surface area contributed by atoms with Gasteiger partial charge in [0.15, 0.2) is 0 Å². The molecule has 3 fully saturated rings. The molecule has 18 heavy (non-hydrogen) atoms. The van der Waals surface area contributed by atoms with Crippen molar-refractivity contribution in [1.82, 2.24) is 9.71 Å². The van der Waals surface area contributed by atoms with Crippen molar-refractivity contribution in [3.63, 3.8) is 0 Å². The quantitative estimate of drug-likeness (QED) is 0.891. The van der Waals surface area contributed by atoms with E-state index in [1.807, 2.05) is 0 Å². The summed E-state index contributed by atoms with van der Waals surface area (Å²) in [6, 6.07) is 0. The third kappa shape index (κ3) is 1.65. The highest BCUT2D eigenvalue weighted by Crippen LogP contribution is 2.60. The lowest BCUT2D eigenvalue weighted by Gasteiger charge is -2.18. The van der Waals surface area contributed by atoms with Gasteiger partial charge in [0.1, 0.15) is 0 Å². The Kier molecular flexibility index (Phi) is 2.36. The zero-order valence-electron chi connectivity index (χ0n) is 9.65. The lowest BCUT2D eigenvalue weighted by Crippen LogP contribution is -2.34. The number of fused-ring (bicyclic) bond motifs is 5. The molecule has 5 atom stereocenters. The molecule has 0 spiro atoms. The summed E-state index contributed by atoms with van der Waals surface area (Å²) >= 11 is 1.14. The van der Waals surface area contributed by atoms with E-state index in [4.69, 9.17) is 4.74 Å². The standard InChI is InChI=1S/C11H14N2O3S2/c14-18(15,11-12-1-2-17-11)13-5-6-3-9-7-4-8(7)10(6)16-9/h1-2,6-10,13H,3-5H2/t6-,7+,8-,9-,10+/m0/s1. The third-order valence-corrected chi connectivity index (χ3v) is 6.92. The first kappa shape index (κ1) is 11.3. The summed E-state index contributed by atoms with van der Waals surface area (Å²) in [6.07, 6.45) is 4.49. The van der Waals surface area contributed by atoms with Crippen LogP contribution in [0.25, 0.3) is 0 Å². The first-order valence-electron chi connectivity index (χ1n) is 6.20. The van der Waals surface area contributed by atoms with Gasteiger partial charge in [-0.1, -0.05) is 0 Å². The molecule has 4 rings (SSSR count). The van der Waals surface area contributed by atoms with Gasteiger partial charge in [0.2, 0.25) is 4.34 Å². The van der Waals surface area contributed by atoms with Crippen LogP contribution in [0.5, 0.6) is 0 Å². The van der Waals surface area contributed by atoms with E-state index in [-0.39, 0.29) is 4.34 Å². The molecule has 2 bridgehead atoms. The summed E-state index contributed by atoms with van der Waals surface area (Å²) in [5.74, 6) is 1.83. The van der Waals surface area contributed by atoms with E-state index in [1.54, 1.807) is 5.38 Å². The summed E-state index contributed by atoms with van der Waals surface area (Å²) in [6.45, 7) is 0.478. The zero-order valence-corrected chi connectivity index (χ0v) is 11.3. The molecule has 98 valence electrons. The van der Waals surface area contributed by atoms with Gasteiger partial charge >= 0.3 is 0 Å². The van der Waals surface area contributed by atoms with E-state index in [9.17, 15) is 8.42 Å². The molecule has 7 heteroatoms. The van der Waals surface area contributed by atoms with Gasteiger partial charge in [0.25, 0.3) is 10.0 Å². The minimum absolute atomic E-state index is 0.149. The number of rotatable bonds is 4. The second-order valence-electron chi connectivity index (χ2n) is 5.35. The topological polar surface area (TPSA) is 68.3 Å². The number of thiazole rings is 1. The minimum Gasteiger partial charge on any atom is -0.374 e. The highest BCUT2D eigenvalue weighted by Gasteiger charge is 2.62. The molecule has 1 aromatic heterocycles. The molecule has 1 aliphatic carbocycles. The van der Waals surface area contributed by atoms with Crippen LogP contribution in [0.3, 0.4) is 0 Å². The van der Waals surface area contributed by atoms with Gasteiger partial charge in [-0.2, -0.15) is 0 Å². The number of ether oxygens (including phenoxy) is 1. The van der Waals surface area contributed by atoms with Gasteiger partial charge in [-0.05, 0) is 24.7 Å². The summed E-state index contributed by atoms with van der Waals surface area (Å²) < 4.78 is 32.6. The summed E-state index contributed by atoms with van der Waals surface area (Å²) in [7, 11) is -3.42. The third-order valence-electron chi connectivity index (χ3n) is 4.30. The molecule has 1 aromatic rings. The SMILES string of the molecule is O=S(=O)(NC[C@@H]1C[C@@H]2O[C@H]1[C@H]1C[C@H]12)c1nccs1. The van der Waals surface area contributed by atoms with Crippen LogP contribution in [0.4, 0.5) is 0 Å². The molecule has 5 nitrogen and oxygen atoms in total. The molecule has 1 N–H and O–H groups in total. The molecule has 0 radical (unpaired) electrons. The predicted octanol–water partition coefficient (Wildman–Crippen LogP) is 0.845. The van der Waals surface area contributed by atoms with Crippen molar-refractivity contribution >= 4 is 21.4 Å². The first-order valence-corrected chi connectivity index (χ1v) is 8.56. The van der Waals surface area contributed by atoms with Crippen molar-refractivity contribution < 1.29 is 13.2 Å². The Labute approximate surface area is 110 Å². The van der Waals surface area contributed by atoms with Crippen LogP contribution in [0.2, 0.25) is 0 Å². The highest BCUT2D eigenvalue weighted by molar-refractivity contribution is 7.91. The fourth-order valence-corrected chi connectivity index (χ4v) is 5.36. The summed E-state index contributed by atoms with van der Waals surface area (Å²) in [5, 5.41) is 1.67. The van der Waals surface area contributed by atoms with Crippen LogP contribution in [-0.2, 0) is 14.8 Å². The van der Waals surface area contributed by atoms with Crippen molar-refractivity contribution in [1.29, 1.82) is 0 Å². The maximum atomic E-state index is 11.9. The Morgan fingerprint density at radius 2 is 2.33 bits per heavy atom. The number of hydrogen-bond acceptors (Lipinski definition) is 5. The first-order chi connectivity index (χ1) is 8.65. The van der Waals surface area contributed by atoms with Crippen molar-refractivity contribution in [3.8, 4) is 0 Å². The van der Waals surface area contributed by atoms with Gasteiger partial charge in [-0.25, -0.2) is 18.1 Å². The lowest BCUT2D eigenvalue weighted by molar-refractivity contribution is 0.0617. The monoisotopic (exact) mass is 286 g/mol. The van der Waals surface area contributed by atoms with E-state index in [0.717, 1.165) is 23.7 Å². The molecule has 2 saturated heterocycles. The number of aromatic nitrogens is 1. The average Bonchev–Trinajstić information content (AvgIpc) is 2.80. The average molecular weight is 286 g/mol. The normalized spacial score (nSPS) is 41.0. The molecule has 3 aliphatic rings. The van der Waals surface area contributed by atoms with Crippen LogP contribution in [0.15, 0.2) is 15.9 Å². The van der Waals surface area contributed by atoms with Gasteiger partial charge in [0.05, 0.1) is 12.2 Å². The predicted molar refractivity (Wildman–Crippen MR) is 65.7 cm³/mol. The van der Waals surface area contributed by atoms with Crippen LogP contribution >= 0.6 is 11.3 Å². The van der Waals surface area contributed by atoms with E-state index >= 15 is 0 Å². The maximum absolute atomic E-state index is 11.9. The minimum atomic E-state index is -3.42. The van der Waals surface area contributed by atoms with Crippen molar-refractivity contribution in [3.05, 3.63) is 11.6 Å². The van der Waals surface area contributed by atoms with Gasteiger partial charge in [-0.3, -0.25) is 0 Å². The highest BCUT2D eigenvalue weighted by atomic mass is 32.2. The van der Waals surface area contributed by atoms with Gasteiger partial charge in [-0.15, -0.1) is 11.3 Å². The van der Waals surface area contributed by atoms with Crippen molar-refractivity contribution in [2.24, 2.45) is 17.8 Å². The largest absolute Gasteiger partial charge is 0.374 e. The summed E-state index contributed by atoms with van der Waals surface area (Å²) in [4.78, 5) is 3.84. The molecule has 0 aromatic carbocycles. The van der Waals surface area contributed by atoms with Crippen molar-refractivity contribution in [2.75, 3.05) is 6.54 Å². The van der Waals surface area contributed by atoms with E-state index in [2.05, 4.69) is 9.71 Å². The Hall–Kier alpha value is -0.500. The van der Waals surface area contributed by atoms with Crippen LogP contribution < -0.4 is 4.72 Å². The zero-order chi connectivity index (χ0) is 12.3. The number of nitrogens with one attached hydrogen (secondary N) is 1. The fraction of sp³-hybridized carbons (Fsp3) is 0.727. The Balaban J connectivity index is 1.42. The van der Waals surface area contributed by atoms with Gasteiger partial charge < -0.3 is 4.74 Å². The second kappa shape index (κ2) is 3.75.